The fourth-order valence-corrected chi connectivity index (χ4v) is 4.20. The van der Waals surface area contributed by atoms with Gasteiger partial charge in [0.1, 0.15) is 0 Å². The first-order chi connectivity index (χ1) is 13.0. The minimum atomic E-state index is 0.105. The van der Waals surface area contributed by atoms with E-state index in [0.29, 0.717) is 18.0 Å². The third-order valence-corrected chi connectivity index (χ3v) is 5.98. The Bertz CT molecular complexity index is 673. The lowest BCUT2D eigenvalue weighted by atomic mass is 9.85. The van der Waals surface area contributed by atoms with Crippen molar-refractivity contribution in [2.75, 3.05) is 7.05 Å². The Morgan fingerprint density at radius 1 is 1.15 bits per heavy atom. The number of halogens is 1. The Morgan fingerprint density at radius 2 is 1.89 bits per heavy atom. The van der Waals surface area contributed by atoms with Gasteiger partial charge in [0.25, 0.3) is 0 Å². The second-order valence-corrected chi connectivity index (χ2v) is 9.00. The Hall–Kier alpha value is -1.56. The van der Waals surface area contributed by atoms with Gasteiger partial charge in [-0.25, -0.2) is 0 Å². The van der Waals surface area contributed by atoms with E-state index in [1.54, 1.807) is 0 Å². The van der Waals surface area contributed by atoms with Gasteiger partial charge in [-0.2, -0.15) is 0 Å². The molecule has 3 rings (SSSR count). The van der Waals surface area contributed by atoms with Gasteiger partial charge in [-0.1, -0.05) is 34.5 Å². The molecule has 0 saturated heterocycles. The molecule has 0 radical (unpaired) electrons. The number of carbonyl (C=O) groups is 1. The van der Waals surface area contributed by atoms with Crippen molar-refractivity contribution in [3.05, 3.63) is 34.3 Å². The maximum atomic E-state index is 12.3. The first kappa shape index (κ1) is 20.2. The van der Waals surface area contributed by atoms with E-state index in [1.165, 1.54) is 5.56 Å². The highest BCUT2D eigenvalue weighted by Gasteiger charge is 2.39. The van der Waals surface area contributed by atoms with E-state index >= 15 is 0 Å². The van der Waals surface area contributed by atoms with Crippen LogP contribution in [0.5, 0.6) is 0 Å². The van der Waals surface area contributed by atoms with Gasteiger partial charge in [0.2, 0.25) is 5.91 Å². The molecule has 1 aromatic rings. The summed E-state index contributed by atoms with van der Waals surface area (Å²) < 4.78 is 1.11. The minimum Gasteiger partial charge on any atom is -0.354 e. The zero-order valence-electron chi connectivity index (χ0n) is 16.5. The molecule has 2 saturated carbocycles. The molecular formula is C21H31BrN4O. The zero-order chi connectivity index (χ0) is 19.4. The van der Waals surface area contributed by atoms with E-state index in [4.69, 9.17) is 0 Å². The first-order valence-electron chi connectivity index (χ1n) is 10.0. The van der Waals surface area contributed by atoms with Crippen LogP contribution in [0.1, 0.15) is 57.4 Å². The van der Waals surface area contributed by atoms with Crippen molar-refractivity contribution in [3.63, 3.8) is 0 Å². The molecule has 1 aromatic carbocycles. The van der Waals surface area contributed by atoms with E-state index in [2.05, 4.69) is 61.1 Å². The van der Waals surface area contributed by atoms with Crippen molar-refractivity contribution in [1.29, 1.82) is 0 Å². The molecular weight excluding hydrogens is 404 g/mol. The monoisotopic (exact) mass is 434 g/mol. The predicted octanol–water partition coefficient (Wildman–Crippen LogP) is 3.55. The van der Waals surface area contributed by atoms with Crippen LogP contribution in [0.15, 0.2) is 33.7 Å². The molecule has 0 aliphatic heterocycles. The summed E-state index contributed by atoms with van der Waals surface area (Å²) >= 11 is 3.49. The summed E-state index contributed by atoms with van der Waals surface area (Å²) in [4.78, 5) is 16.7. The fraction of sp³-hybridized carbons (Fsp3) is 0.619. The van der Waals surface area contributed by atoms with Gasteiger partial charge in [0, 0.05) is 41.5 Å². The van der Waals surface area contributed by atoms with E-state index < -0.39 is 0 Å². The summed E-state index contributed by atoms with van der Waals surface area (Å²) in [7, 11) is 1.82. The summed E-state index contributed by atoms with van der Waals surface area (Å²) in [6.07, 6.45) is 5.16. The van der Waals surface area contributed by atoms with Gasteiger partial charge < -0.3 is 16.0 Å². The van der Waals surface area contributed by atoms with Crippen molar-refractivity contribution in [1.82, 2.24) is 16.0 Å². The standard InChI is InChI=1S/C21H31BrN4O/c1-13(2)24-20(27)15-5-4-6-17(11-15)25-21(23-3)26-19-12-18(19)14-7-9-16(22)10-8-14/h7-10,13,15,17-19H,4-6,11-12H2,1-3H3,(H,24,27)(H2,23,25,26). The summed E-state index contributed by atoms with van der Waals surface area (Å²) in [5.74, 6) is 1.70. The molecule has 2 aliphatic rings. The van der Waals surface area contributed by atoms with Crippen LogP contribution in [-0.2, 0) is 4.79 Å². The number of carbonyl (C=O) groups excluding carboxylic acids is 1. The number of nitrogens with zero attached hydrogens (tertiary/aromatic N) is 1. The molecule has 2 aliphatic carbocycles. The number of aliphatic imine (C=N–C) groups is 1. The van der Waals surface area contributed by atoms with Crippen molar-refractivity contribution >= 4 is 27.8 Å². The number of nitrogens with one attached hydrogen (secondary N) is 3. The summed E-state index contributed by atoms with van der Waals surface area (Å²) in [5, 5.41) is 10.2. The number of amides is 1. The topological polar surface area (TPSA) is 65.5 Å². The van der Waals surface area contributed by atoms with Crippen LogP contribution in [0.4, 0.5) is 0 Å². The summed E-state index contributed by atoms with van der Waals surface area (Å²) in [6.45, 7) is 4.03. The highest BCUT2D eigenvalue weighted by atomic mass is 79.9. The normalized spacial score (nSPS) is 28.0. The van der Waals surface area contributed by atoms with Gasteiger partial charge in [-0.05, 0) is 57.2 Å². The smallest absolute Gasteiger partial charge is 0.223 e. The molecule has 0 spiro atoms. The lowest BCUT2D eigenvalue weighted by molar-refractivity contribution is -0.126. The van der Waals surface area contributed by atoms with Crippen LogP contribution in [0, 0.1) is 5.92 Å². The summed E-state index contributed by atoms with van der Waals surface area (Å²) in [6, 6.07) is 9.51. The van der Waals surface area contributed by atoms with Crippen LogP contribution in [0.3, 0.4) is 0 Å². The first-order valence-corrected chi connectivity index (χ1v) is 10.8. The van der Waals surface area contributed by atoms with E-state index in [9.17, 15) is 4.79 Å². The highest BCUT2D eigenvalue weighted by Crippen LogP contribution is 2.41. The SMILES string of the molecule is CN=C(NC1CCCC(C(=O)NC(C)C)C1)NC1CC1c1ccc(Br)cc1. The van der Waals surface area contributed by atoms with Crippen LogP contribution >= 0.6 is 15.9 Å². The highest BCUT2D eigenvalue weighted by molar-refractivity contribution is 9.10. The third-order valence-electron chi connectivity index (χ3n) is 5.45. The van der Waals surface area contributed by atoms with Gasteiger partial charge in [0.05, 0.1) is 0 Å². The van der Waals surface area contributed by atoms with Gasteiger partial charge in [-0.15, -0.1) is 0 Å². The average molecular weight is 435 g/mol. The number of hydrogen-bond donors (Lipinski definition) is 3. The molecule has 3 N–H and O–H groups in total. The lowest BCUT2D eigenvalue weighted by Crippen LogP contribution is -2.48. The largest absolute Gasteiger partial charge is 0.354 e. The van der Waals surface area contributed by atoms with Gasteiger partial charge >= 0.3 is 0 Å². The molecule has 0 aromatic heterocycles. The Balaban J connectivity index is 1.49. The Labute approximate surface area is 170 Å². The Morgan fingerprint density at radius 3 is 2.56 bits per heavy atom. The van der Waals surface area contributed by atoms with Crippen molar-refractivity contribution in [2.24, 2.45) is 10.9 Å². The van der Waals surface area contributed by atoms with Crippen molar-refractivity contribution in [3.8, 4) is 0 Å². The maximum Gasteiger partial charge on any atom is 0.223 e. The Kier molecular flexibility index (Phi) is 6.79. The molecule has 6 heteroatoms. The quantitative estimate of drug-likeness (QED) is 0.490. The van der Waals surface area contributed by atoms with Crippen molar-refractivity contribution < 1.29 is 4.79 Å². The molecule has 5 nitrogen and oxygen atoms in total. The lowest BCUT2D eigenvalue weighted by Gasteiger charge is -2.30. The minimum absolute atomic E-state index is 0.105. The fourth-order valence-electron chi connectivity index (χ4n) is 3.93. The number of guanidine groups is 1. The molecule has 2 fully saturated rings. The molecule has 4 unspecified atom stereocenters. The summed E-state index contributed by atoms with van der Waals surface area (Å²) in [5.41, 5.74) is 1.37. The third kappa shape index (κ3) is 5.71. The molecule has 0 heterocycles. The second kappa shape index (κ2) is 9.09. The molecule has 4 atom stereocenters. The predicted molar refractivity (Wildman–Crippen MR) is 114 cm³/mol. The van der Waals surface area contributed by atoms with E-state index in [-0.39, 0.29) is 17.9 Å². The van der Waals surface area contributed by atoms with Gasteiger partial charge in [0.15, 0.2) is 5.96 Å². The van der Waals surface area contributed by atoms with Crippen LogP contribution in [0.2, 0.25) is 0 Å². The number of rotatable bonds is 5. The van der Waals surface area contributed by atoms with Gasteiger partial charge in [-0.3, -0.25) is 9.79 Å². The van der Waals surface area contributed by atoms with E-state index in [0.717, 1.165) is 42.5 Å². The number of hydrogen-bond acceptors (Lipinski definition) is 2. The van der Waals surface area contributed by atoms with Crippen molar-refractivity contribution in [2.45, 2.75) is 70.0 Å². The van der Waals surface area contributed by atoms with E-state index in [1.807, 2.05) is 20.9 Å². The average Bonchev–Trinajstić information content (AvgIpc) is 3.40. The molecule has 0 bridgehead atoms. The second-order valence-electron chi connectivity index (χ2n) is 8.08. The van der Waals surface area contributed by atoms with Crippen LogP contribution in [-0.4, -0.2) is 37.0 Å². The molecule has 27 heavy (non-hydrogen) atoms. The van der Waals surface area contributed by atoms with Crippen LogP contribution in [0.25, 0.3) is 0 Å². The zero-order valence-corrected chi connectivity index (χ0v) is 18.1. The maximum absolute atomic E-state index is 12.3. The van der Waals surface area contributed by atoms with Crippen LogP contribution < -0.4 is 16.0 Å². The molecule has 148 valence electrons. The number of benzene rings is 1. The molecule has 1 amide bonds.